The Labute approximate surface area is 284 Å². The minimum atomic E-state index is -3.61. The van der Waals surface area contributed by atoms with Gasteiger partial charge in [-0.2, -0.15) is 4.98 Å². The zero-order valence-electron chi connectivity index (χ0n) is 27.5. The number of fused-ring (bicyclic) bond motifs is 2. The van der Waals surface area contributed by atoms with E-state index in [0.717, 1.165) is 80.0 Å². The van der Waals surface area contributed by atoms with Gasteiger partial charge in [-0.05, 0) is 55.6 Å². The molecule has 2 saturated heterocycles. The Bertz CT molecular complexity index is 2040. The summed E-state index contributed by atoms with van der Waals surface area (Å²) in [5.74, 6) is 1.60. The van der Waals surface area contributed by atoms with Gasteiger partial charge in [0.2, 0.25) is 16.0 Å². The van der Waals surface area contributed by atoms with Crippen molar-refractivity contribution in [3.05, 3.63) is 54.2 Å². The van der Waals surface area contributed by atoms with Crippen LogP contribution in [0.1, 0.15) is 12.8 Å². The summed E-state index contributed by atoms with van der Waals surface area (Å²) in [4.78, 5) is 26.0. The summed E-state index contributed by atoms with van der Waals surface area (Å²) in [6, 6.07) is 12.4. The predicted molar refractivity (Wildman–Crippen MR) is 194 cm³/mol. The van der Waals surface area contributed by atoms with Crippen LogP contribution >= 0.6 is 11.3 Å². The number of hydrogen-bond acceptors (Lipinski definition) is 13. The summed E-state index contributed by atoms with van der Waals surface area (Å²) >= 11 is 1.50. The van der Waals surface area contributed by atoms with Crippen molar-refractivity contribution in [1.29, 1.82) is 0 Å². The molecule has 2 aromatic carbocycles. The van der Waals surface area contributed by atoms with Crippen molar-refractivity contribution in [2.24, 2.45) is 0 Å². The SMILES string of the molecule is COc1cc(N2CCC(N3CCN(C)CC3)CC2)ccc1Nc1nc(Nc2ccc3nccnc3c2N(C)S(C)(=O)=O)c2sccc2n1. The third-order valence-electron chi connectivity index (χ3n) is 9.30. The minimum absolute atomic E-state index is 0.376. The van der Waals surface area contributed by atoms with Crippen molar-refractivity contribution < 1.29 is 13.2 Å². The van der Waals surface area contributed by atoms with Crippen LogP contribution in [0.3, 0.4) is 0 Å². The number of sulfonamides is 1. The molecule has 15 heteroatoms. The first-order valence-corrected chi connectivity index (χ1v) is 18.7. The van der Waals surface area contributed by atoms with Gasteiger partial charge < -0.3 is 25.2 Å². The number of nitrogens with one attached hydrogen (secondary N) is 2. The first-order valence-electron chi connectivity index (χ1n) is 16.0. The number of piperazine rings is 1. The lowest BCUT2D eigenvalue weighted by Gasteiger charge is -2.42. The van der Waals surface area contributed by atoms with Crippen molar-refractivity contribution in [1.82, 2.24) is 29.7 Å². The van der Waals surface area contributed by atoms with E-state index in [-0.39, 0.29) is 0 Å². The van der Waals surface area contributed by atoms with Gasteiger partial charge in [0.15, 0.2) is 5.82 Å². The molecule has 0 amide bonds. The predicted octanol–water partition coefficient (Wildman–Crippen LogP) is 4.74. The molecular formula is C33H40N10O3S2. The van der Waals surface area contributed by atoms with Gasteiger partial charge in [0.25, 0.3) is 0 Å². The highest BCUT2D eigenvalue weighted by atomic mass is 32.2. The number of methoxy groups -OCH3 is 1. The van der Waals surface area contributed by atoms with E-state index in [1.807, 2.05) is 17.5 Å². The van der Waals surface area contributed by atoms with Crippen molar-refractivity contribution >= 4 is 77.1 Å². The Morgan fingerprint density at radius 1 is 0.917 bits per heavy atom. The van der Waals surface area contributed by atoms with Gasteiger partial charge in [-0.15, -0.1) is 11.3 Å². The molecule has 0 atom stereocenters. The summed E-state index contributed by atoms with van der Waals surface area (Å²) in [5, 5.41) is 8.70. The lowest BCUT2D eigenvalue weighted by Crippen LogP contribution is -2.52. The first kappa shape index (κ1) is 32.2. The van der Waals surface area contributed by atoms with Crippen LogP contribution < -0.4 is 24.6 Å². The highest BCUT2D eigenvalue weighted by Gasteiger charge is 2.27. The molecule has 0 spiro atoms. The Morgan fingerprint density at radius 2 is 1.67 bits per heavy atom. The summed E-state index contributed by atoms with van der Waals surface area (Å²) in [6.45, 7) is 6.62. The van der Waals surface area contributed by atoms with E-state index in [0.29, 0.717) is 46.0 Å². The standard InChI is InChI=1S/C33H40N10O3S2/c1-40-16-18-43(19-17-40)22-9-14-42(15-10-22)23-5-6-24(28(21-23)46-3)37-33-38-27-11-20-47-31(27)32(39-33)36-26-8-7-25-29(35-13-12-34-25)30(26)41(2)48(4,44)45/h5-8,11-13,20-22H,9-10,14-19H2,1-4H3,(H2,36,37,38,39). The van der Waals surface area contributed by atoms with Crippen LogP contribution in [0, 0.1) is 0 Å². The average Bonchev–Trinajstić information content (AvgIpc) is 3.57. The van der Waals surface area contributed by atoms with Gasteiger partial charge in [-0.3, -0.25) is 19.2 Å². The molecule has 2 aliphatic heterocycles. The number of thiophene rings is 1. The fourth-order valence-electron chi connectivity index (χ4n) is 6.52. The van der Waals surface area contributed by atoms with E-state index >= 15 is 0 Å². The minimum Gasteiger partial charge on any atom is -0.494 e. The van der Waals surface area contributed by atoms with Gasteiger partial charge in [-0.1, -0.05) is 0 Å². The number of anilines is 6. The molecule has 5 heterocycles. The van der Waals surface area contributed by atoms with E-state index in [1.54, 1.807) is 31.6 Å². The molecule has 2 aliphatic rings. The van der Waals surface area contributed by atoms with Crippen LogP contribution in [0.15, 0.2) is 54.2 Å². The number of ether oxygens (including phenoxy) is 1. The molecule has 2 N–H and O–H groups in total. The van der Waals surface area contributed by atoms with Crippen LogP contribution in [-0.4, -0.2) is 111 Å². The van der Waals surface area contributed by atoms with E-state index in [1.165, 1.54) is 22.7 Å². The maximum Gasteiger partial charge on any atom is 0.232 e. The van der Waals surface area contributed by atoms with E-state index in [2.05, 4.69) is 54.5 Å². The highest BCUT2D eigenvalue weighted by Crippen LogP contribution is 2.39. The normalized spacial score (nSPS) is 16.8. The van der Waals surface area contributed by atoms with Gasteiger partial charge in [0.1, 0.15) is 17.0 Å². The molecule has 252 valence electrons. The molecule has 7 rings (SSSR count). The van der Waals surface area contributed by atoms with Crippen LogP contribution in [-0.2, 0) is 10.0 Å². The second-order valence-corrected chi connectivity index (χ2v) is 15.3. The van der Waals surface area contributed by atoms with Gasteiger partial charge in [0.05, 0.1) is 40.5 Å². The topological polar surface area (TPSA) is 132 Å². The second-order valence-electron chi connectivity index (χ2n) is 12.3. The number of benzene rings is 2. The van der Waals surface area contributed by atoms with E-state index in [4.69, 9.17) is 14.7 Å². The van der Waals surface area contributed by atoms with E-state index < -0.39 is 10.0 Å². The van der Waals surface area contributed by atoms with Crippen molar-refractivity contribution in [2.45, 2.75) is 18.9 Å². The Morgan fingerprint density at radius 3 is 2.42 bits per heavy atom. The Balaban J connectivity index is 1.14. The fraction of sp³-hybridized carbons (Fsp3) is 0.394. The molecule has 0 radical (unpaired) electrons. The van der Waals surface area contributed by atoms with Gasteiger partial charge in [0, 0.05) is 76.5 Å². The van der Waals surface area contributed by atoms with Crippen LogP contribution in [0.5, 0.6) is 5.75 Å². The molecule has 0 aliphatic carbocycles. The number of aromatic nitrogens is 4. The van der Waals surface area contributed by atoms with E-state index in [9.17, 15) is 8.42 Å². The average molecular weight is 689 g/mol. The zero-order chi connectivity index (χ0) is 33.4. The van der Waals surface area contributed by atoms with Crippen LogP contribution in [0.4, 0.5) is 34.5 Å². The van der Waals surface area contributed by atoms with Gasteiger partial charge >= 0.3 is 0 Å². The number of hydrogen-bond donors (Lipinski definition) is 2. The zero-order valence-corrected chi connectivity index (χ0v) is 29.2. The molecule has 0 bridgehead atoms. The highest BCUT2D eigenvalue weighted by molar-refractivity contribution is 7.92. The summed E-state index contributed by atoms with van der Waals surface area (Å²) < 4.78 is 33.2. The smallest absolute Gasteiger partial charge is 0.232 e. The number of nitrogens with zero attached hydrogens (tertiary/aromatic N) is 8. The van der Waals surface area contributed by atoms with Crippen molar-refractivity contribution in [3.8, 4) is 5.75 Å². The molecule has 0 saturated carbocycles. The van der Waals surface area contributed by atoms with Crippen LogP contribution in [0.25, 0.3) is 21.3 Å². The molecule has 0 unspecified atom stereocenters. The van der Waals surface area contributed by atoms with Crippen LogP contribution in [0.2, 0.25) is 0 Å². The number of rotatable bonds is 9. The summed E-state index contributed by atoms with van der Waals surface area (Å²) in [6.07, 6.45) is 6.59. The lowest BCUT2D eigenvalue weighted by molar-refractivity contribution is 0.0982. The van der Waals surface area contributed by atoms with Crippen molar-refractivity contribution in [2.75, 3.05) is 86.6 Å². The molecule has 48 heavy (non-hydrogen) atoms. The Hall–Kier alpha value is -4.31. The first-order chi connectivity index (χ1) is 23.2. The largest absolute Gasteiger partial charge is 0.494 e. The third kappa shape index (κ3) is 6.55. The Kier molecular flexibility index (Phi) is 8.94. The maximum absolute atomic E-state index is 12.7. The van der Waals surface area contributed by atoms with Gasteiger partial charge in [-0.25, -0.2) is 13.4 Å². The molecule has 5 aromatic rings. The second kappa shape index (κ2) is 13.3. The maximum atomic E-state index is 12.7. The quantitative estimate of drug-likeness (QED) is 0.222. The summed E-state index contributed by atoms with van der Waals surface area (Å²) in [5.41, 5.74) is 4.56. The summed E-state index contributed by atoms with van der Waals surface area (Å²) in [7, 11) is 1.77. The molecule has 3 aromatic heterocycles. The molecular weight excluding hydrogens is 649 g/mol. The lowest BCUT2D eigenvalue weighted by atomic mass is 10.0. The van der Waals surface area contributed by atoms with Crippen molar-refractivity contribution in [3.63, 3.8) is 0 Å². The molecule has 2 fully saturated rings. The third-order valence-corrected chi connectivity index (χ3v) is 11.4. The molecule has 13 nitrogen and oxygen atoms in total. The number of piperidine rings is 1. The number of likely N-dealkylation sites (N-methyl/N-ethyl adjacent to an activating group) is 1. The monoisotopic (exact) mass is 688 g/mol. The fourth-order valence-corrected chi connectivity index (χ4v) is 7.81.